The first-order chi connectivity index (χ1) is 7.75. The molecule has 3 heteroatoms. The fourth-order valence-electron chi connectivity index (χ4n) is 1.67. The molecule has 0 spiro atoms. The van der Waals surface area contributed by atoms with E-state index >= 15 is 0 Å². The number of ketones is 1. The summed E-state index contributed by atoms with van der Waals surface area (Å²) >= 11 is 5.86. The van der Waals surface area contributed by atoms with Crippen LogP contribution in [-0.4, -0.2) is 12.4 Å². The van der Waals surface area contributed by atoms with Crippen molar-refractivity contribution < 1.29 is 9.53 Å². The van der Waals surface area contributed by atoms with E-state index in [9.17, 15) is 4.79 Å². The minimum Gasteiger partial charge on any atom is -0.490 e. The van der Waals surface area contributed by atoms with E-state index in [-0.39, 0.29) is 5.78 Å². The Hall–Kier alpha value is -1.28. The van der Waals surface area contributed by atoms with Gasteiger partial charge in [-0.15, -0.1) is 0 Å². The smallest absolute Gasteiger partial charge is 0.201 e. The first-order valence-electron chi connectivity index (χ1n) is 5.36. The Morgan fingerprint density at radius 2 is 2.31 bits per heavy atom. The summed E-state index contributed by atoms with van der Waals surface area (Å²) in [5, 5.41) is 0.656. The molecule has 0 unspecified atom stereocenters. The highest BCUT2D eigenvalue weighted by molar-refractivity contribution is 6.30. The molecule has 2 rings (SSSR count). The second kappa shape index (κ2) is 5.17. The van der Waals surface area contributed by atoms with Gasteiger partial charge in [-0.05, 0) is 36.6 Å². The van der Waals surface area contributed by atoms with Crippen LogP contribution in [0.5, 0.6) is 0 Å². The lowest BCUT2D eigenvalue weighted by Gasteiger charge is -2.13. The summed E-state index contributed by atoms with van der Waals surface area (Å²) in [6.45, 7) is 0.646. The maximum Gasteiger partial charge on any atom is 0.201 e. The van der Waals surface area contributed by atoms with Gasteiger partial charge in [0.25, 0.3) is 0 Å². The molecule has 2 nitrogen and oxygen atoms in total. The lowest BCUT2D eigenvalue weighted by molar-refractivity contribution is -0.118. The molecule has 0 aromatic heterocycles. The number of hydrogen-bond donors (Lipinski definition) is 0. The predicted molar refractivity (Wildman–Crippen MR) is 63.4 cm³/mol. The molecule has 16 heavy (non-hydrogen) atoms. The third-order valence-corrected chi connectivity index (χ3v) is 2.70. The van der Waals surface area contributed by atoms with E-state index in [0.717, 1.165) is 18.4 Å². The van der Waals surface area contributed by atoms with Crippen molar-refractivity contribution in [3.8, 4) is 0 Å². The molecule has 84 valence electrons. The SMILES string of the molecule is O=C(Cc1cccc(Cl)c1)C1=CCCCO1. The van der Waals surface area contributed by atoms with Crippen molar-refractivity contribution in [2.24, 2.45) is 0 Å². The zero-order chi connectivity index (χ0) is 11.4. The van der Waals surface area contributed by atoms with E-state index < -0.39 is 0 Å². The molecule has 0 saturated heterocycles. The van der Waals surface area contributed by atoms with Crippen LogP contribution in [0.4, 0.5) is 0 Å². The summed E-state index contributed by atoms with van der Waals surface area (Å²) in [6.07, 6.45) is 4.15. The summed E-state index contributed by atoms with van der Waals surface area (Å²) in [5.41, 5.74) is 0.924. The van der Waals surface area contributed by atoms with E-state index in [4.69, 9.17) is 16.3 Å². The molecule has 0 saturated carbocycles. The molecule has 0 radical (unpaired) electrons. The van der Waals surface area contributed by atoms with E-state index in [0.29, 0.717) is 23.8 Å². The van der Waals surface area contributed by atoms with Gasteiger partial charge < -0.3 is 4.74 Å². The van der Waals surface area contributed by atoms with Crippen molar-refractivity contribution in [1.29, 1.82) is 0 Å². The Morgan fingerprint density at radius 3 is 3.00 bits per heavy atom. The van der Waals surface area contributed by atoms with Crippen molar-refractivity contribution in [3.63, 3.8) is 0 Å². The number of allylic oxidation sites excluding steroid dienone is 2. The number of carbonyl (C=O) groups is 1. The second-order valence-electron chi connectivity index (χ2n) is 3.79. The molecule has 0 bridgehead atoms. The summed E-state index contributed by atoms with van der Waals surface area (Å²) < 4.78 is 5.32. The van der Waals surface area contributed by atoms with Gasteiger partial charge in [-0.1, -0.05) is 23.7 Å². The lowest BCUT2D eigenvalue weighted by Crippen LogP contribution is -2.13. The van der Waals surface area contributed by atoms with Gasteiger partial charge in [-0.25, -0.2) is 0 Å². The number of Topliss-reactive ketones (excluding diaryl/α,β-unsaturated/α-hetero) is 1. The van der Waals surface area contributed by atoms with Crippen molar-refractivity contribution in [1.82, 2.24) is 0 Å². The highest BCUT2D eigenvalue weighted by atomic mass is 35.5. The number of ether oxygens (including phenoxy) is 1. The first kappa shape index (κ1) is 11.2. The van der Waals surface area contributed by atoms with Gasteiger partial charge in [-0.3, -0.25) is 4.79 Å². The highest BCUT2D eigenvalue weighted by Gasteiger charge is 2.14. The van der Waals surface area contributed by atoms with Gasteiger partial charge in [0.05, 0.1) is 6.61 Å². The minimum absolute atomic E-state index is 0.0296. The molecule has 1 aromatic rings. The molecule has 1 aliphatic rings. The van der Waals surface area contributed by atoms with Crippen molar-refractivity contribution in [3.05, 3.63) is 46.7 Å². The quantitative estimate of drug-likeness (QED) is 0.806. The Morgan fingerprint density at radius 1 is 1.44 bits per heavy atom. The van der Waals surface area contributed by atoms with Crippen LogP contribution in [0.3, 0.4) is 0 Å². The summed E-state index contributed by atoms with van der Waals surface area (Å²) in [7, 11) is 0. The number of hydrogen-bond acceptors (Lipinski definition) is 2. The average Bonchev–Trinajstić information content (AvgIpc) is 2.30. The molecular formula is C13H13ClO2. The van der Waals surface area contributed by atoms with Crippen LogP contribution in [-0.2, 0) is 16.0 Å². The Bertz CT molecular complexity index is 424. The Kier molecular flexibility index (Phi) is 3.62. The molecule has 0 amide bonds. The monoisotopic (exact) mass is 236 g/mol. The van der Waals surface area contributed by atoms with E-state index in [1.54, 1.807) is 6.07 Å². The fourth-order valence-corrected chi connectivity index (χ4v) is 1.88. The number of carbonyl (C=O) groups excluding carboxylic acids is 1. The van der Waals surface area contributed by atoms with Crippen LogP contribution < -0.4 is 0 Å². The zero-order valence-electron chi connectivity index (χ0n) is 8.91. The van der Waals surface area contributed by atoms with Crippen molar-refractivity contribution in [2.45, 2.75) is 19.3 Å². The van der Waals surface area contributed by atoms with Crippen LogP contribution in [0.1, 0.15) is 18.4 Å². The normalized spacial score (nSPS) is 15.2. The van der Waals surface area contributed by atoms with Crippen molar-refractivity contribution >= 4 is 17.4 Å². The van der Waals surface area contributed by atoms with Crippen LogP contribution in [0.2, 0.25) is 5.02 Å². The van der Waals surface area contributed by atoms with Gasteiger partial charge >= 0.3 is 0 Å². The van der Waals surface area contributed by atoms with E-state index in [1.807, 2.05) is 24.3 Å². The third-order valence-electron chi connectivity index (χ3n) is 2.46. The van der Waals surface area contributed by atoms with Gasteiger partial charge in [0, 0.05) is 11.4 Å². The molecule has 1 heterocycles. The molecule has 0 fully saturated rings. The predicted octanol–water partition coefficient (Wildman–Crippen LogP) is 3.15. The minimum atomic E-state index is 0.0296. The first-order valence-corrected chi connectivity index (χ1v) is 5.74. The molecule has 0 atom stereocenters. The summed E-state index contributed by atoms with van der Waals surface area (Å²) in [5.74, 6) is 0.535. The maximum absolute atomic E-state index is 11.8. The molecule has 0 aliphatic carbocycles. The second-order valence-corrected chi connectivity index (χ2v) is 4.23. The average molecular weight is 237 g/mol. The van der Waals surface area contributed by atoms with Crippen LogP contribution in [0.15, 0.2) is 36.1 Å². The molecule has 1 aliphatic heterocycles. The Labute approximate surface area is 99.9 Å². The zero-order valence-corrected chi connectivity index (χ0v) is 9.67. The molecule has 1 aromatic carbocycles. The largest absolute Gasteiger partial charge is 0.490 e. The summed E-state index contributed by atoms with van der Waals surface area (Å²) in [6, 6.07) is 7.35. The van der Waals surface area contributed by atoms with Crippen LogP contribution in [0.25, 0.3) is 0 Å². The number of benzene rings is 1. The maximum atomic E-state index is 11.8. The van der Waals surface area contributed by atoms with Gasteiger partial charge in [0.2, 0.25) is 5.78 Å². The number of halogens is 1. The van der Waals surface area contributed by atoms with E-state index in [1.165, 1.54) is 0 Å². The van der Waals surface area contributed by atoms with Gasteiger partial charge in [-0.2, -0.15) is 0 Å². The van der Waals surface area contributed by atoms with Crippen LogP contribution >= 0.6 is 11.6 Å². The summed E-state index contributed by atoms with van der Waals surface area (Å²) in [4.78, 5) is 11.8. The molecular weight excluding hydrogens is 224 g/mol. The highest BCUT2D eigenvalue weighted by Crippen LogP contribution is 2.16. The fraction of sp³-hybridized carbons (Fsp3) is 0.308. The van der Waals surface area contributed by atoms with Gasteiger partial charge in [0.1, 0.15) is 0 Å². The van der Waals surface area contributed by atoms with E-state index in [2.05, 4.69) is 0 Å². The molecule has 0 N–H and O–H groups in total. The van der Waals surface area contributed by atoms with Gasteiger partial charge in [0.15, 0.2) is 5.76 Å². The topological polar surface area (TPSA) is 26.3 Å². The Balaban J connectivity index is 2.04. The standard InChI is InChI=1S/C13H13ClO2/c14-11-5-3-4-10(8-11)9-12(15)13-6-1-2-7-16-13/h3-6,8H,1-2,7,9H2. The third kappa shape index (κ3) is 2.86. The number of rotatable bonds is 3. The van der Waals surface area contributed by atoms with Crippen LogP contribution in [0, 0.1) is 0 Å². The van der Waals surface area contributed by atoms with Crippen molar-refractivity contribution in [2.75, 3.05) is 6.61 Å². The lowest BCUT2D eigenvalue weighted by atomic mass is 10.1.